The fourth-order valence-electron chi connectivity index (χ4n) is 2.53. The van der Waals surface area contributed by atoms with E-state index in [2.05, 4.69) is 11.8 Å². The second-order valence-corrected chi connectivity index (χ2v) is 7.33. The lowest BCUT2D eigenvalue weighted by molar-refractivity contribution is -0.137. The van der Waals surface area contributed by atoms with Crippen molar-refractivity contribution in [2.24, 2.45) is 0 Å². The van der Waals surface area contributed by atoms with Gasteiger partial charge in [0, 0.05) is 26.1 Å². The maximum atomic E-state index is 11.7. The maximum Gasteiger partial charge on any atom is 0.414 e. The summed E-state index contributed by atoms with van der Waals surface area (Å²) in [6.45, 7) is 4.65. The average molecular weight is 415 g/mol. The van der Waals surface area contributed by atoms with E-state index < -0.39 is 5.97 Å². The van der Waals surface area contributed by atoms with Crippen molar-refractivity contribution in [3.8, 4) is 5.75 Å². The molecule has 0 aromatic heterocycles. The summed E-state index contributed by atoms with van der Waals surface area (Å²) in [5, 5.41) is 8.39. The van der Waals surface area contributed by atoms with Gasteiger partial charge in [-0.15, -0.1) is 0 Å². The van der Waals surface area contributed by atoms with E-state index in [1.54, 1.807) is 13.1 Å². The molecule has 0 saturated carbocycles. The molecule has 0 fully saturated rings. The van der Waals surface area contributed by atoms with E-state index >= 15 is 0 Å². The van der Waals surface area contributed by atoms with Gasteiger partial charge in [0.1, 0.15) is 5.75 Å². The number of carbonyl (C=O) groups excluding carboxylic acids is 1. The Morgan fingerprint density at radius 3 is 2.27 bits per heavy atom. The van der Waals surface area contributed by atoms with Crippen molar-refractivity contribution < 1.29 is 19.4 Å². The van der Waals surface area contributed by atoms with Crippen molar-refractivity contribution in [2.45, 2.75) is 39.2 Å². The number of carboxylic acids is 1. The quantitative estimate of drug-likeness (QED) is 0.668. The first-order valence-corrected chi connectivity index (χ1v) is 10.2. The number of aliphatic carboxylic acids is 1. The number of carboxylic acid groups (broad SMARTS) is 1. The third-order valence-corrected chi connectivity index (χ3v) is 4.81. The Morgan fingerprint density at radius 1 is 1.03 bits per heavy atom. The van der Waals surface area contributed by atoms with E-state index in [1.807, 2.05) is 69.6 Å². The van der Waals surface area contributed by atoms with Crippen molar-refractivity contribution >= 4 is 12.1 Å². The SMILES string of the molecule is CCN(C)C(=O)Oc1cccc([C@H](C)N(C)C)c1.O=C(O)CCCc1ccccc1. The molecule has 0 bridgehead atoms. The van der Waals surface area contributed by atoms with Gasteiger partial charge in [0.2, 0.25) is 0 Å². The summed E-state index contributed by atoms with van der Waals surface area (Å²) in [4.78, 5) is 25.5. The monoisotopic (exact) mass is 414 g/mol. The molecule has 164 valence electrons. The minimum atomic E-state index is -0.717. The third-order valence-electron chi connectivity index (χ3n) is 4.81. The van der Waals surface area contributed by atoms with Crippen LogP contribution in [0.25, 0.3) is 0 Å². The maximum absolute atomic E-state index is 11.7. The molecule has 1 N–H and O–H groups in total. The fraction of sp³-hybridized carbons (Fsp3) is 0.417. The summed E-state index contributed by atoms with van der Waals surface area (Å²) in [6.07, 6.45) is 1.51. The highest BCUT2D eigenvalue weighted by atomic mass is 16.6. The molecule has 0 aliphatic heterocycles. The van der Waals surface area contributed by atoms with E-state index in [4.69, 9.17) is 9.84 Å². The lowest BCUT2D eigenvalue weighted by atomic mass is 10.1. The highest BCUT2D eigenvalue weighted by Crippen LogP contribution is 2.22. The Labute approximate surface area is 180 Å². The van der Waals surface area contributed by atoms with Crippen LogP contribution in [-0.2, 0) is 11.2 Å². The molecular weight excluding hydrogens is 380 g/mol. The molecule has 0 aliphatic rings. The summed E-state index contributed by atoms with van der Waals surface area (Å²) >= 11 is 0. The minimum absolute atomic E-state index is 0.259. The molecule has 2 aromatic rings. The Bertz CT molecular complexity index is 778. The number of hydrogen-bond donors (Lipinski definition) is 1. The first kappa shape index (κ1) is 25.2. The summed E-state index contributed by atoms with van der Waals surface area (Å²) in [6, 6.07) is 17.9. The Morgan fingerprint density at radius 2 is 1.70 bits per heavy atom. The highest BCUT2D eigenvalue weighted by Gasteiger charge is 2.12. The number of benzene rings is 2. The molecule has 6 nitrogen and oxygen atoms in total. The highest BCUT2D eigenvalue weighted by molar-refractivity contribution is 5.70. The predicted molar refractivity (Wildman–Crippen MR) is 120 cm³/mol. The second kappa shape index (κ2) is 13.4. The molecule has 2 aromatic carbocycles. The van der Waals surface area contributed by atoms with Gasteiger partial charge in [-0.25, -0.2) is 4.79 Å². The van der Waals surface area contributed by atoms with Crippen LogP contribution in [0.3, 0.4) is 0 Å². The zero-order valence-corrected chi connectivity index (χ0v) is 18.7. The lowest BCUT2D eigenvalue weighted by Crippen LogP contribution is -2.29. The molecule has 1 atom stereocenters. The van der Waals surface area contributed by atoms with Crippen molar-refractivity contribution in [2.75, 3.05) is 27.7 Å². The zero-order valence-electron chi connectivity index (χ0n) is 18.7. The normalized spacial score (nSPS) is 11.3. The smallest absolute Gasteiger partial charge is 0.414 e. The van der Waals surface area contributed by atoms with Gasteiger partial charge < -0.3 is 19.6 Å². The second-order valence-electron chi connectivity index (χ2n) is 7.33. The fourth-order valence-corrected chi connectivity index (χ4v) is 2.53. The van der Waals surface area contributed by atoms with Crippen LogP contribution >= 0.6 is 0 Å². The van der Waals surface area contributed by atoms with Crippen molar-refractivity contribution in [3.63, 3.8) is 0 Å². The van der Waals surface area contributed by atoms with Gasteiger partial charge in [-0.1, -0.05) is 42.5 Å². The van der Waals surface area contributed by atoms with E-state index in [0.717, 1.165) is 18.4 Å². The van der Waals surface area contributed by atoms with Crippen LogP contribution in [0.2, 0.25) is 0 Å². The molecule has 0 unspecified atom stereocenters. The molecule has 0 radical (unpaired) electrons. The molecule has 0 spiro atoms. The van der Waals surface area contributed by atoms with Gasteiger partial charge in [-0.05, 0) is 64.0 Å². The van der Waals surface area contributed by atoms with Gasteiger partial charge in [0.25, 0.3) is 0 Å². The van der Waals surface area contributed by atoms with E-state index in [-0.39, 0.29) is 18.6 Å². The number of rotatable bonds is 8. The first-order chi connectivity index (χ1) is 14.2. The standard InChI is InChI=1S/C14H22N2O2.C10H12O2/c1-6-16(5)14(17)18-13-9-7-8-12(10-13)11(2)15(3)4;11-10(12)8-4-7-9-5-2-1-3-6-9/h7-11H,6H2,1-5H3;1-3,5-6H,4,7-8H2,(H,11,12)/t11-;/m0./s1. The number of nitrogens with zero attached hydrogens (tertiary/aromatic N) is 2. The minimum Gasteiger partial charge on any atom is -0.481 e. The molecule has 2 rings (SSSR count). The first-order valence-electron chi connectivity index (χ1n) is 10.2. The van der Waals surface area contributed by atoms with E-state index in [1.165, 1.54) is 10.5 Å². The van der Waals surface area contributed by atoms with Crippen LogP contribution in [0.4, 0.5) is 4.79 Å². The van der Waals surface area contributed by atoms with Crippen LogP contribution in [0.15, 0.2) is 54.6 Å². The van der Waals surface area contributed by atoms with Gasteiger partial charge >= 0.3 is 12.1 Å². The largest absolute Gasteiger partial charge is 0.481 e. The van der Waals surface area contributed by atoms with E-state index in [0.29, 0.717) is 12.3 Å². The Hall–Kier alpha value is -2.86. The molecular formula is C24H34N2O4. The number of carbonyl (C=O) groups is 2. The Balaban J connectivity index is 0.000000325. The van der Waals surface area contributed by atoms with E-state index in [9.17, 15) is 9.59 Å². The molecule has 1 amide bonds. The molecule has 0 heterocycles. The van der Waals surface area contributed by atoms with Crippen LogP contribution in [-0.4, -0.2) is 54.7 Å². The molecule has 0 saturated heterocycles. The van der Waals surface area contributed by atoms with Crippen LogP contribution in [0.5, 0.6) is 5.75 Å². The van der Waals surface area contributed by atoms with Crippen LogP contribution in [0, 0.1) is 0 Å². The summed E-state index contributed by atoms with van der Waals surface area (Å²) in [5.41, 5.74) is 2.34. The van der Waals surface area contributed by atoms with Crippen LogP contribution < -0.4 is 4.74 Å². The third kappa shape index (κ3) is 9.56. The van der Waals surface area contributed by atoms with Crippen molar-refractivity contribution in [1.29, 1.82) is 0 Å². The summed E-state index contributed by atoms with van der Waals surface area (Å²) < 4.78 is 5.31. The van der Waals surface area contributed by atoms with Crippen molar-refractivity contribution in [1.82, 2.24) is 9.80 Å². The number of aryl methyl sites for hydroxylation is 1. The molecule has 30 heavy (non-hydrogen) atoms. The van der Waals surface area contributed by atoms with Gasteiger partial charge in [-0.2, -0.15) is 0 Å². The summed E-state index contributed by atoms with van der Waals surface area (Å²) in [5.74, 6) is -0.127. The van der Waals surface area contributed by atoms with Gasteiger partial charge in [-0.3, -0.25) is 4.79 Å². The Kier molecular flexibility index (Phi) is 11.2. The zero-order chi connectivity index (χ0) is 22.5. The average Bonchev–Trinajstić information content (AvgIpc) is 2.73. The molecule has 0 aliphatic carbocycles. The summed E-state index contributed by atoms with van der Waals surface area (Å²) in [7, 11) is 5.76. The number of ether oxygens (including phenoxy) is 1. The predicted octanol–water partition coefficient (Wildman–Crippen LogP) is 4.85. The van der Waals surface area contributed by atoms with Gasteiger partial charge in [0.15, 0.2) is 0 Å². The van der Waals surface area contributed by atoms with Crippen molar-refractivity contribution in [3.05, 3.63) is 65.7 Å². The topological polar surface area (TPSA) is 70.1 Å². The molecule has 6 heteroatoms. The number of amides is 1. The van der Waals surface area contributed by atoms with Gasteiger partial charge in [0.05, 0.1) is 0 Å². The van der Waals surface area contributed by atoms with Crippen LogP contribution in [0.1, 0.15) is 43.9 Å². The lowest BCUT2D eigenvalue weighted by Gasteiger charge is -2.21. The number of hydrogen-bond acceptors (Lipinski definition) is 4.